The van der Waals surface area contributed by atoms with E-state index >= 15 is 0 Å². The van der Waals surface area contributed by atoms with E-state index in [0.717, 1.165) is 7.11 Å². The van der Waals surface area contributed by atoms with Crippen LogP contribution in [0.15, 0.2) is 45.6 Å². The number of esters is 1. The fourth-order valence-electron chi connectivity index (χ4n) is 3.36. The Morgan fingerprint density at radius 2 is 1.70 bits per heavy atom. The molecule has 3 aromatic rings. The van der Waals surface area contributed by atoms with Crippen LogP contribution < -0.4 is 10.4 Å². The summed E-state index contributed by atoms with van der Waals surface area (Å²) in [5.74, 6) is -0.903. The number of hydrogen-bond donors (Lipinski definition) is 4. The summed E-state index contributed by atoms with van der Waals surface area (Å²) in [6.07, 6.45) is -8.15. The SMILES string of the molecule is COC(=O)C1OC(Oc2ccc3c(c2)oc(=O)c2cc(O)ccc23)C(O)C(O)C1O. The zero-order valence-corrected chi connectivity index (χ0v) is 15.6. The Morgan fingerprint density at radius 1 is 0.967 bits per heavy atom. The third-order valence-corrected chi connectivity index (χ3v) is 4.92. The largest absolute Gasteiger partial charge is 0.508 e. The van der Waals surface area contributed by atoms with E-state index in [2.05, 4.69) is 4.74 Å². The van der Waals surface area contributed by atoms with Crippen LogP contribution in [-0.4, -0.2) is 64.2 Å². The highest BCUT2D eigenvalue weighted by Crippen LogP contribution is 2.30. The maximum absolute atomic E-state index is 12.2. The van der Waals surface area contributed by atoms with Crippen LogP contribution in [0.2, 0.25) is 0 Å². The molecule has 1 fully saturated rings. The van der Waals surface area contributed by atoms with Crippen LogP contribution in [0.5, 0.6) is 11.5 Å². The fraction of sp³-hybridized carbons (Fsp3) is 0.300. The van der Waals surface area contributed by atoms with Crippen LogP contribution in [-0.2, 0) is 14.3 Å². The molecule has 2 heterocycles. The van der Waals surface area contributed by atoms with E-state index in [-0.39, 0.29) is 22.5 Å². The molecule has 0 saturated carbocycles. The number of hydrogen-bond acceptors (Lipinski definition) is 10. The van der Waals surface area contributed by atoms with E-state index in [1.54, 1.807) is 12.1 Å². The zero-order valence-electron chi connectivity index (χ0n) is 15.6. The van der Waals surface area contributed by atoms with Gasteiger partial charge in [0.1, 0.15) is 35.4 Å². The van der Waals surface area contributed by atoms with Crippen molar-refractivity contribution in [1.29, 1.82) is 0 Å². The number of methoxy groups -OCH3 is 1. The van der Waals surface area contributed by atoms with Gasteiger partial charge in [-0.3, -0.25) is 0 Å². The van der Waals surface area contributed by atoms with Gasteiger partial charge >= 0.3 is 11.6 Å². The second-order valence-corrected chi connectivity index (χ2v) is 6.82. The molecule has 10 heteroatoms. The van der Waals surface area contributed by atoms with Gasteiger partial charge in [-0.2, -0.15) is 0 Å². The number of aliphatic hydroxyl groups excluding tert-OH is 3. The van der Waals surface area contributed by atoms with E-state index in [1.807, 2.05) is 0 Å². The molecule has 1 aliphatic rings. The van der Waals surface area contributed by atoms with Crippen LogP contribution >= 0.6 is 0 Å². The van der Waals surface area contributed by atoms with E-state index < -0.39 is 42.3 Å². The van der Waals surface area contributed by atoms with Crippen molar-refractivity contribution in [2.75, 3.05) is 7.11 Å². The van der Waals surface area contributed by atoms with E-state index in [4.69, 9.17) is 13.9 Å². The third-order valence-electron chi connectivity index (χ3n) is 4.92. The predicted molar refractivity (Wildman–Crippen MR) is 101 cm³/mol. The summed E-state index contributed by atoms with van der Waals surface area (Å²) < 4.78 is 20.6. The number of aromatic hydroxyl groups is 1. The molecular weight excluding hydrogens is 400 g/mol. The second kappa shape index (κ2) is 7.58. The number of carbonyl (C=O) groups is 1. The Bertz CT molecular complexity index is 1170. The number of rotatable bonds is 3. The lowest BCUT2D eigenvalue weighted by molar-refractivity contribution is -0.271. The predicted octanol–water partition coefficient (Wildman–Crippen LogP) is 0.0112. The molecule has 30 heavy (non-hydrogen) atoms. The van der Waals surface area contributed by atoms with E-state index in [0.29, 0.717) is 10.8 Å². The monoisotopic (exact) mass is 418 g/mol. The molecule has 4 N–H and O–H groups in total. The second-order valence-electron chi connectivity index (χ2n) is 6.82. The van der Waals surface area contributed by atoms with Gasteiger partial charge in [-0.25, -0.2) is 9.59 Å². The molecule has 4 rings (SSSR count). The van der Waals surface area contributed by atoms with Crippen LogP contribution in [0.1, 0.15) is 0 Å². The van der Waals surface area contributed by atoms with Gasteiger partial charge in [0, 0.05) is 16.8 Å². The van der Waals surface area contributed by atoms with Gasteiger partial charge in [0.25, 0.3) is 0 Å². The molecule has 1 saturated heterocycles. The van der Waals surface area contributed by atoms with Crippen LogP contribution in [0, 0.1) is 0 Å². The maximum atomic E-state index is 12.2. The summed E-state index contributed by atoms with van der Waals surface area (Å²) in [5.41, 5.74) is -0.491. The number of aliphatic hydroxyl groups is 3. The molecule has 1 aliphatic heterocycles. The molecule has 0 radical (unpaired) electrons. The fourth-order valence-corrected chi connectivity index (χ4v) is 3.36. The Labute approximate surface area is 168 Å². The van der Waals surface area contributed by atoms with E-state index in [9.17, 15) is 30.0 Å². The molecule has 158 valence electrons. The lowest BCUT2D eigenvalue weighted by atomic mass is 9.99. The maximum Gasteiger partial charge on any atom is 0.344 e. The number of phenols is 1. The van der Waals surface area contributed by atoms with Crippen molar-refractivity contribution in [3.8, 4) is 11.5 Å². The Kier molecular flexibility index (Phi) is 5.08. The molecule has 10 nitrogen and oxygen atoms in total. The molecule has 0 bridgehead atoms. The molecule has 0 spiro atoms. The van der Waals surface area contributed by atoms with Crippen LogP contribution in [0.4, 0.5) is 0 Å². The van der Waals surface area contributed by atoms with E-state index in [1.165, 1.54) is 24.3 Å². The minimum Gasteiger partial charge on any atom is -0.508 e. The Balaban J connectivity index is 1.68. The quantitative estimate of drug-likeness (QED) is 0.260. The van der Waals surface area contributed by atoms with Gasteiger partial charge < -0.3 is 39.1 Å². The highest BCUT2D eigenvalue weighted by atomic mass is 16.7. The Morgan fingerprint density at radius 3 is 2.43 bits per heavy atom. The smallest absolute Gasteiger partial charge is 0.344 e. The summed E-state index contributed by atoms with van der Waals surface area (Å²) in [6.45, 7) is 0. The van der Waals surface area contributed by atoms with Crippen molar-refractivity contribution in [1.82, 2.24) is 0 Å². The highest BCUT2D eigenvalue weighted by molar-refractivity contribution is 6.04. The van der Waals surface area contributed by atoms with Crippen molar-refractivity contribution < 1.29 is 43.8 Å². The number of ether oxygens (including phenoxy) is 3. The number of benzene rings is 2. The molecule has 0 aliphatic carbocycles. The average Bonchev–Trinajstić information content (AvgIpc) is 2.73. The van der Waals surface area contributed by atoms with Crippen LogP contribution in [0.3, 0.4) is 0 Å². The summed E-state index contributed by atoms with van der Waals surface area (Å²) in [6, 6.07) is 8.82. The standard InChI is InChI=1S/C20H18O10/c1-27-19(26)17-15(23)14(22)16(24)20(30-17)28-9-3-5-11-10-4-2-8(21)6-12(10)18(25)29-13(11)7-9/h2-7,14-17,20-24H,1H3. The summed E-state index contributed by atoms with van der Waals surface area (Å²) in [5, 5.41) is 41.0. The number of fused-ring (bicyclic) bond motifs is 3. The summed E-state index contributed by atoms with van der Waals surface area (Å²) in [4.78, 5) is 24.0. The highest BCUT2D eigenvalue weighted by Gasteiger charge is 2.48. The van der Waals surface area contributed by atoms with Crippen molar-refractivity contribution in [3.63, 3.8) is 0 Å². The molecule has 5 unspecified atom stereocenters. The first kappa shape index (κ1) is 20.1. The average molecular weight is 418 g/mol. The third kappa shape index (κ3) is 3.35. The van der Waals surface area contributed by atoms with Crippen molar-refractivity contribution in [2.45, 2.75) is 30.7 Å². The van der Waals surface area contributed by atoms with Gasteiger partial charge in [-0.05, 0) is 30.3 Å². The first-order chi connectivity index (χ1) is 14.3. The van der Waals surface area contributed by atoms with Crippen molar-refractivity contribution in [2.24, 2.45) is 0 Å². The normalized spacial score (nSPS) is 26.6. The first-order valence-corrected chi connectivity index (χ1v) is 8.94. The van der Waals surface area contributed by atoms with Gasteiger partial charge in [0.15, 0.2) is 6.10 Å². The van der Waals surface area contributed by atoms with Gasteiger partial charge in [0.05, 0.1) is 12.5 Å². The van der Waals surface area contributed by atoms with Gasteiger partial charge in [-0.1, -0.05) is 0 Å². The summed E-state index contributed by atoms with van der Waals surface area (Å²) in [7, 11) is 1.08. The van der Waals surface area contributed by atoms with Gasteiger partial charge in [-0.15, -0.1) is 0 Å². The number of phenolic OH excluding ortho intramolecular Hbond substituents is 1. The lowest BCUT2D eigenvalue weighted by Gasteiger charge is -2.38. The molecule has 0 amide bonds. The first-order valence-electron chi connectivity index (χ1n) is 8.94. The minimum absolute atomic E-state index is 0.0709. The minimum atomic E-state index is -1.72. The molecule has 2 aromatic carbocycles. The molecular formula is C20H18O10. The topological polar surface area (TPSA) is 156 Å². The van der Waals surface area contributed by atoms with Crippen LogP contribution in [0.25, 0.3) is 21.7 Å². The number of carbonyl (C=O) groups excluding carboxylic acids is 1. The van der Waals surface area contributed by atoms with Crippen molar-refractivity contribution >= 4 is 27.7 Å². The molecule has 5 atom stereocenters. The zero-order chi connectivity index (χ0) is 21.6. The van der Waals surface area contributed by atoms with Crippen molar-refractivity contribution in [3.05, 3.63) is 46.8 Å². The summed E-state index contributed by atoms with van der Waals surface area (Å²) >= 11 is 0. The Hall–Kier alpha value is -3.18. The van der Waals surface area contributed by atoms with Gasteiger partial charge in [0.2, 0.25) is 6.29 Å². The lowest BCUT2D eigenvalue weighted by Crippen LogP contribution is -2.61. The molecule has 1 aromatic heterocycles.